The molecule has 0 aromatic carbocycles. The smallest absolute Gasteiger partial charge is 0.378 e. The highest BCUT2D eigenvalue weighted by Gasteiger charge is 2.43. The largest absolute Gasteiger partial charge is 0.433 e. The molecule has 30 heavy (non-hydrogen) atoms. The van der Waals surface area contributed by atoms with E-state index in [2.05, 4.69) is 26.9 Å². The SMILES string of the molecule is C=C1CC(C)(c2cc(NC(=O)c3ccc(C#N)cn3)cnc2C(F)(F)F)N=C(N)S1. The second-order valence-corrected chi connectivity index (χ2v) is 7.86. The number of carbonyl (C=O) groups is 1. The lowest BCUT2D eigenvalue weighted by atomic mass is 9.87. The Kier molecular flexibility index (Phi) is 5.54. The Morgan fingerprint density at radius 3 is 2.67 bits per heavy atom. The van der Waals surface area contributed by atoms with Crippen LogP contribution in [0.1, 0.15) is 40.7 Å². The molecule has 3 N–H and O–H groups in total. The number of amidine groups is 1. The van der Waals surface area contributed by atoms with E-state index in [0.29, 0.717) is 4.91 Å². The van der Waals surface area contributed by atoms with Crippen molar-refractivity contribution in [2.24, 2.45) is 10.7 Å². The third-order valence-corrected chi connectivity index (χ3v) is 5.00. The normalized spacial score (nSPS) is 19.0. The van der Waals surface area contributed by atoms with E-state index in [1.807, 2.05) is 6.07 Å². The summed E-state index contributed by atoms with van der Waals surface area (Å²) in [5.74, 6) is -0.663. The first-order valence-corrected chi connectivity index (χ1v) is 9.29. The van der Waals surface area contributed by atoms with Gasteiger partial charge in [0.05, 0.1) is 23.0 Å². The Hall–Kier alpha value is -3.39. The van der Waals surface area contributed by atoms with Gasteiger partial charge in [-0.15, -0.1) is 0 Å². The molecule has 0 aliphatic carbocycles. The van der Waals surface area contributed by atoms with Crippen LogP contribution in [0.25, 0.3) is 0 Å². The molecule has 2 aromatic heterocycles. The predicted octanol–water partition coefficient (Wildman–Crippen LogP) is 3.80. The average molecular weight is 432 g/mol. The maximum absolute atomic E-state index is 13.6. The Bertz CT molecular complexity index is 1090. The minimum absolute atomic E-state index is 0.00799. The summed E-state index contributed by atoms with van der Waals surface area (Å²) in [5.41, 5.74) is 3.36. The lowest BCUT2D eigenvalue weighted by molar-refractivity contribution is -0.142. The number of halogens is 3. The lowest BCUT2D eigenvalue weighted by Crippen LogP contribution is -2.31. The van der Waals surface area contributed by atoms with Gasteiger partial charge in [0.1, 0.15) is 17.5 Å². The molecule has 1 atom stereocenters. The van der Waals surface area contributed by atoms with Crippen molar-refractivity contribution >= 4 is 28.5 Å². The minimum atomic E-state index is -4.73. The number of hydrogen-bond donors (Lipinski definition) is 2. The van der Waals surface area contributed by atoms with Crippen LogP contribution in [0.3, 0.4) is 0 Å². The van der Waals surface area contributed by atoms with E-state index in [1.165, 1.54) is 31.3 Å². The Labute approximate surface area is 173 Å². The van der Waals surface area contributed by atoms with Crippen LogP contribution in [0, 0.1) is 11.3 Å². The van der Waals surface area contributed by atoms with Gasteiger partial charge < -0.3 is 11.1 Å². The molecular formula is C19H15F3N6OS. The van der Waals surface area contributed by atoms with Crippen molar-refractivity contribution in [2.75, 3.05) is 5.32 Å². The second-order valence-electron chi connectivity index (χ2n) is 6.66. The van der Waals surface area contributed by atoms with Crippen LogP contribution in [-0.4, -0.2) is 21.0 Å². The zero-order chi connectivity index (χ0) is 22.1. The number of alkyl halides is 3. The molecule has 2 aromatic rings. The van der Waals surface area contributed by atoms with Gasteiger partial charge in [0.15, 0.2) is 5.17 Å². The van der Waals surface area contributed by atoms with Crippen LogP contribution in [0.5, 0.6) is 0 Å². The first-order valence-electron chi connectivity index (χ1n) is 8.48. The maximum atomic E-state index is 13.6. The van der Waals surface area contributed by atoms with Gasteiger partial charge in [0.2, 0.25) is 0 Å². The Morgan fingerprint density at radius 1 is 1.37 bits per heavy atom. The van der Waals surface area contributed by atoms with Crippen molar-refractivity contribution < 1.29 is 18.0 Å². The second kappa shape index (κ2) is 7.79. The number of nitriles is 1. The summed E-state index contributed by atoms with van der Waals surface area (Å²) in [6, 6.07) is 5.79. The number of nitrogens with zero attached hydrogens (tertiary/aromatic N) is 4. The molecular weight excluding hydrogens is 417 g/mol. The monoisotopic (exact) mass is 432 g/mol. The van der Waals surface area contributed by atoms with E-state index < -0.39 is 23.3 Å². The number of aliphatic imine (C=N–C) groups is 1. The number of carbonyl (C=O) groups excluding carboxylic acids is 1. The molecule has 1 aliphatic rings. The van der Waals surface area contributed by atoms with E-state index in [1.54, 1.807) is 0 Å². The third kappa shape index (κ3) is 4.44. The summed E-state index contributed by atoms with van der Waals surface area (Å²) in [4.78, 5) is 24.6. The summed E-state index contributed by atoms with van der Waals surface area (Å²) in [6.45, 7) is 5.31. The fourth-order valence-corrected chi connectivity index (χ4v) is 3.88. The molecule has 0 bridgehead atoms. The molecule has 11 heteroatoms. The number of pyridine rings is 2. The van der Waals surface area contributed by atoms with Crippen molar-refractivity contribution in [2.45, 2.75) is 25.1 Å². The fourth-order valence-electron chi connectivity index (χ4n) is 2.99. The summed E-state index contributed by atoms with van der Waals surface area (Å²) >= 11 is 1.10. The molecule has 1 aliphatic heterocycles. The summed E-state index contributed by atoms with van der Waals surface area (Å²) in [7, 11) is 0. The zero-order valence-corrected chi connectivity index (χ0v) is 16.4. The molecule has 0 saturated carbocycles. The number of nitrogens with one attached hydrogen (secondary N) is 1. The van der Waals surface area contributed by atoms with Gasteiger partial charge >= 0.3 is 6.18 Å². The maximum Gasteiger partial charge on any atom is 0.433 e. The lowest BCUT2D eigenvalue weighted by Gasteiger charge is -2.32. The molecule has 0 spiro atoms. The summed E-state index contributed by atoms with van der Waals surface area (Å²) < 4.78 is 40.8. The highest BCUT2D eigenvalue weighted by molar-refractivity contribution is 8.17. The van der Waals surface area contributed by atoms with Crippen molar-refractivity contribution in [3.8, 4) is 6.07 Å². The molecule has 7 nitrogen and oxygen atoms in total. The molecule has 1 amide bonds. The van der Waals surface area contributed by atoms with Gasteiger partial charge in [-0.25, -0.2) is 9.97 Å². The molecule has 0 saturated heterocycles. The van der Waals surface area contributed by atoms with Crippen LogP contribution < -0.4 is 11.1 Å². The van der Waals surface area contributed by atoms with Gasteiger partial charge in [-0.2, -0.15) is 18.4 Å². The molecule has 3 rings (SSSR count). The summed E-state index contributed by atoms with van der Waals surface area (Å²) in [6.07, 6.45) is -2.48. The number of amides is 1. The minimum Gasteiger partial charge on any atom is -0.378 e. The van der Waals surface area contributed by atoms with Gasteiger partial charge in [-0.3, -0.25) is 9.79 Å². The quantitative estimate of drug-likeness (QED) is 0.762. The first kappa shape index (κ1) is 21.3. The molecule has 3 heterocycles. The van der Waals surface area contributed by atoms with Gasteiger partial charge in [0.25, 0.3) is 5.91 Å². The zero-order valence-electron chi connectivity index (χ0n) is 15.6. The number of thioether (sulfide) groups is 1. The molecule has 1 unspecified atom stereocenters. The summed E-state index contributed by atoms with van der Waals surface area (Å²) in [5, 5.41) is 11.4. The van der Waals surface area contributed by atoms with E-state index in [9.17, 15) is 18.0 Å². The van der Waals surface area contributed by atoms with Gasteiger partial charge in [-0.1, -0.05) is 18.3 Å². The topological polar surface area (TPSA) is 117 Å². The van der Waals surface area contributed by atoms with E-state index >= 15 is 0 Å². The number of rotatable bonds is 3. The highest BCUT2D eigenvalue weighted by atomic mass is 32.2. The molecule has 154 valence electrons. The van der Waals surface area contributed by atoms with Crippen molar-refractivity contribution in [1.82, 2.24) is 9.97 Å². The molecule has 0 radical (unpaired) electrons. The van der Waals surface area contributed by atoms with Crippen LogP contribution >= 0.6 is 11.8 Å². The fraction of sp³-hybridized carbons (Fsp3) is 0.211. The van der Waals surface area contributed by atoms with E-state index in [4.69, 9.17) is 11.0 Å². The number of hydrogen-bond acceptors (Lipinski definition) is 7. The van der Waals surface area contributed by atoms with Gasteiger partial charge in [0, 0.05) is 18.2 Å². The van der Waals surface area contributed by atoms with Crippen molar-refractivity contribution in [3.05, 3.63) is 64.6 Å². The van der Waals surface area contributed by atoms with Crippen molar-refractivity contribution in [1.29, 1.82) is 5.26 Å². The van der Waals surface area contributed by atoms with Crippen molar-refractivity contribution in [3.63, 3.8) is 0 Å². The van der Waals surface area contributed by atoms with Crippen LogP contribution in [-0.2, 0) is 11.7 Å². The predicted molar refractivity (Wildman–Crippen MR) is 106 cm³/mol. The van der Waals surface area contributed by atoms with E-state index in [-0.39, 0.29) is 34.1 Å². The number of nitrogens with two attached hydrogens (primary N) is 1. The third-order valence-electron chi connectivity index (χ3n) is 4.27. The first-order chi connectivity index (χ1) is 14.0. The van der Waals surface area contributed by atoms with Crippen LogP contribution in [0.2, 0.25) is 0 Å². The standard InChI is InChI=1S/C19H15F3N6OS/c1-10-6-18(2,28-17(24)30-10)13-5-12(9-26-15(13)19(20,21)22)27-16(29)14-4-3-11(7-23)8-25-14/h3-5,8-9H,1,6H2,2H3,(H2,24,28)(H,27,29). The number of anilines is 1. The molecule has 0 fully saturated rings. The van der Waals surface area contributed by atoms with E-state index in [0.717, 1.165) is 18.0 Å². The highest BCUT2D eigenvalue weighted by Crippen LogP contribution is 2.45. The van der Waals surface area contributed by atoms with Crippen LogP contribution in [0.4, 0.5) is 18.9 Å². The van der Waals surface area contributed by atoms with Gasteiger partial charge in [-0.05, 0) is 30.0 Å². The Balaban J connectivity index is 2.01. The van der Waals surface area contributed by atoms with Crippen LogP contribution in [0.15, 0.2) is 47.1 Å². The Morgan fingerprint density at radius 2 is 2.10 bits per heavy atom. The number of aromatic nitrogens is 2. The average Bonchev–Trinajstić information content (AvgIpc) is 2.66.